The minimum atomic E-state index is -0.507. The smallest absolute Gasteiger partial charge is 0.294 e. The van der Waals surface area contributed by atoms with Gasteiger partial charge in [0, 0.05) is 26.6 Å². The van der Waals surface area contributed by atoms with Crippen LogP contribution in [-0.4, -0.2) is 24.9 Å². The summed E-state index contributed by atoms with van der Waals surface area (Å²) < 4.78 is 0. The number of carbonyl (C=O) groups is 1. The van der Waals surface area contributed by atoms with Crippen molar-refractivity contribution in [3.05, 3.63) is 27.3 Å². The van der Waals surface area contributed by atoms with Crippen molar-refractivity contribution in [2.45, 2.75) is 13.3 Å². The summed E-state index contributed by atoms with van der Waals surface area (Å²) in [6.07, 6.45) is 0.310. The third-order valence-corrected chi connectivity index (χ3v) is 2.65. The molecule has 0 unspecified atom stereocenters. The molecule has 0 aromatic heterocycles. The Hall–Kier alpha value is -1.82. The molecule has 0 saturated heterocycles. The number of carbonyl (C=O) groups excluding carboxylic acids is 1. The zero-order valence-electron chi connectivity index (χ0n) is 10.4. The molecular weight excluding hydrogens is 258 g/mol. The fraction of sp³-hybridized carbons (Fsp3) is 0.364. The molecule has 0 aliphatic rings. The van der Waals surface area contributed by atoms with E-state index in [0.717, 1.165) is 0 Å². The van der Waals surface area contributed by atoms with Crippen molar-refractivity contribution in [1.29, 1.82) is 0 Å². The molecule has 7 heteroatoms. The number of nitrogens with one attached hydrogen (secondary N) is 1. The number of amides is 1. The molecule has 18 heavy (non-hydrogen) atoms. The number of anilines is 2. The Bertz CT molecular complexity index is 489. The van der Waals surface area contributed by atoms with Gasteiger partial charge < -0.3 is 10.2 Å². The van der Waals surface area contributed by atoms with Gasteiger partial charge in [-0.1, -0.05) is 18.5 Å². The van der Waals surface area contributed by atoms with Crippen LogP contribution in [0.4, 0.5) is 17.1 Å². The van der Waals surface area contributed by atoms with Gasteiger partial charge in [-0.3, -0.25) is 14.9 Å². The number of rotatable bonds is 4. The summed E-state index contributed by atoms with van der Waals surface area (Å²) in [6.45, 7) is 1.71. The average Bonchev–Trinajstić information content (AvgIpc) is 2.30. The van der Waals surface area contributed by atoms with E-state index < -0.39 is 4.92 Å². The Morgan fingerprint density at radius 1 is 1.50 bits per heavy atom. The molecule has 0 aliphatic heterocycles. The summed E-state index contributed by atoms with van der Waals surface area (Å²) in [5.74, 6) is -0.199. The van der Waals surface area contributed by atoms with Gasteiger partial charge in [-0.25, -0.2) is 0 Å². The Labute approximate surface area is 110 Å². The minimum absolute atomic E-state index is 0.0977. The van der Waals surface area contributed by atoms with E-state index in [1.807, 2.05) is 0 Å². The molecule has 1 amide bonds. The number of nitro groups is 1. The van der Waals surface area contributed by atoms with Crippen molar-refractivity contribution in [2.24, 2.45) is 0 Å². The van der Waals surface area contributed by atoms with Crippen LogP contribution in [0.3, 0.4) is 0 Å². The molecule has 0 spiro atoms. The van der Waals surface area contributed by atoms with E-state index in [4.69, 9.17) is 11.6 Å². The highest BCUT2D eigenvalue weighted by molar-refractivity contribution is 6.34. The topological polar surface area (TPSA) is 75.5 Å². The first-order valence-corrected chi connectivity index (χ1v) is 5.69. The fourth-order valence-corrected chi connectivity index (χ4v) is 1.60. The van der Waals surface area contributed by atoms with Gasteiger partial charge in [0.2, 0.25) is 5.91 Å². The second-order valence-corrected chi connectivity index (χ2v) is 4.28. The van der Waals surface area contributed by atoms with Crippen molar-refractivity contribution in [1.82, 2.24) is 0 Å². The lowest BCUT2D eigenvalue weighted by atomic mass is 10.2. The van der Waals surface area contributed by atoms with E-state index in [0.29, 0.717) is 17.8 Å². The number of hydrogen-bond acceptors (Lipinski definition) is 4. The van der Waals surface area contributed by atoms with Crippen molar-refractivity contribution >= 4 is 34.6 Å². The van der Waals surface area contributed by atoms with Crippen LogP contribution in [-0.2, 0) is 4.79 Å². The van der Waals surface area contributed by atoms with Crippen LogP contribution >= 0.6 is 11.6 Å². The molecule has 0 bridgehead atoms. The van der Waals surface area contributed by atoms with Crippen molar-refractivity contribution in [2.75, 3.05) is 24.3 Å². The van der Waals surface area contributed by atoms with Gasteiger partial charge in [0.25, 0.3) is 5.69 Å². The lowest BCUT2D eigenvalue weighted by Crippen LogP contribution is -2.14. The van der Waals surface area contributed by atoms with Crippen LogP contribution in [0.25, 0.3) is 0 Å². The lowest BCUT2D eigenvalue weighted by Gasteiger charge is -2.15. The summed E-state index contributed by atoms with van der Waals surface area (Å²) in [7, 11) is 3.36. The normalized spacial score (nSPS) is 10.0. The second kappa shape index (κ2) is 5.68. The van der Waals surface area contributed by atoms with E-state index in [1.165, 1.54) is 12.1 Å². The molecule has 98 valence electrons. The maximum absolute atomic E-state index is 11.3. The number of nitro benzene ring substituents is 1. The van der Waals surface area contributed by atoms with Crippen LogP contribution in [0.15, 0.2) is 12.1 Å². The van der Waals surface area contributed by atoms with Crippen molar-refractivity contribution < 1.29 is 9.72 Å². The maximum atomic E-state index is 11.3. The standard InChI is InChI=1S/C11H14ClN3O3/c1-4-11(16)13-8-6-9(14(2)3)10(15(17)18)5-7(8)12/h5-6H,4H2,1-3H3,(H,13,16). The Kier molecular flexibility index (Phi) is 4.49. The quantitative estimate of drug-likeness (QED) is 0.675. The fourth-order valence-electron chi connectivity index (χ4n) is 1.39. The number of nitrogens with zero attached hydrogens (tertiary/aromatic N) is 2. The zero-order valence-corrected chi connectivity index (χ0v) is 11.1. The SMILES string of the molecule is CCC(=O)Nc1cc(N(C)C)c([N+](=O)[O-])cc1Cl. The van der Waals surface area contributed by atoms with Gasteiger partial charge in [-0.05, 0) is 6.07 Å². The first-order valence-electron chi connectivity index (χ1n) is 5.32. The third-order valence-electron chi connectivity index (χ3n) is 2.34. The lowest BCUT2D eigenvalue weighted by molar-refractivity contribution is -0.384. The molecule has 6 nitrogen and oxygen atoms in total. The van der Waals surface area contributed by atoms with Gasteiger partial charge in [0.05, 0.1) is 15.6 Å². The van der Waals surface area contributed by atoms with E-state index >= 15 is 0 Å². The molecule has 0 fully saturated rings. The predicted molar refractivity (Wildman–Crippen MR) is 71.4 cm³/mol. The van der Waals surface area contributed by atoms with Crippen molar-refractivity contribution in [3.8, 4) is 0 Å². The van der Waals surface area contributed by atoms with Crippen molar-refractivity contribution in [3.63, 3.8) is 0 Å². The summed E-state index contributed by atoms with van der Waals surface area (Å²) in [5, 5.41) is 13.6. The zero-order chi connectivity index (χ0) is 13.9. The molecule has 0 atom stereocenters. The largest absolute Gasteiger partial charge is 0.372 e. The summed E-state index contributed by atoms with van der Waals surface area (Å²) in [6, 6.07) is 2.73. The molecule has 0 saturated carbocycles. The summed E-state index contributed by atoms with van der Waals surface area (Å²) >= 11 is 5.91. The van der Waals surface area contributed by atoms with Gasteiger partial charge in [0.15, 0.2) is 0 Å². The Morgan fingerprint density at radius 3 is 2.56 bits per heavy atom. The Balaban J connectivity index is 3.27. The Morgan fingerprint density at radius 2 is 2.11 bits per heavy atom. The number of hydrogen-bond donors (Lipinski definition) is 1. The van der Waals surface area contributed by atoms with Gasteiger partial charge >= 0.3 is 0 Å². The highest BCUT2D eigenvalue weighted by atomic mass is 35.5. The molecule has 1 aromatic rings. The third kappa shape index (κ3) is 3.10. The summed E-state index contributed by atoms with van der Waals surface area (Å²) in [4.78, 5) is 23.3. The van der Waals surface area contributed by atoms with E-state index in [-0.39, 0.29) is 16.6 Å². The first-order chi connectivity index (χ1) is 8.36. The molecule has 0 radical (unpaired) electrons. The number of halogens is 1. The van der Waals surface area contributed by atoms with Crippen LogP contribution in [0.5, 0.6) is 0 Å². The second-order valence-electron chi connectivity index (χ2n) is 3.87. The molecule has 1 N–H and O–H groups in total. The van der Waals surface area contributed by atoms with Crippen LogP contribution in [0, 0.1) is 10.1 Å². The molecular formula is C11H14ClN3O3. The first kappa shape index (κ1) is 14.2. The number of benzene rings is 1. The predicted octanol–water partition coefficient (Wildman–Crippen LogP) is 2.66. The highest BCUT2D eigenvalue weighted by Crippen LogP contribution is 2.35. The van der Waals surface area contributed by atoms with Gasteiger partial charge in [0.1, 0.15) is 5.69 Å². The highest BCUT2D eigenvalue weighted by Gasteiger charge is 2.19. The van der Waals surface area contributed by atoms with E-state index in [2.05, 4.69) is 5.32 Å². The summed E-state index contributed by atoms with van der Waals surface area (Å²) in [5.41, 5.74) is 0.660. The van der Waals surface area contributed by atoms with Crippen LogP contribution in [0.1, 0.15) is 13.3 Å². The van der Waals surface area contributed by atoms with Gasteiger partial charge in [-0.15, -0.1) is 0 Å². The van der Waals surface area contributed by atoms with E-state index in [1.54, 1.807) is 25.9 Å². The van der Waals surface area contributed by atoms with E-state index in [9.17, 15) is 14.9 Å². The molecule has 0 aliphatic carbocycles. The molecule has 0 heterocycles. The average molecular weight is 272 g/mol. The van der Waals surface area contributed by atoms with Crippen LogP contribution < -0.4 is 10.2 Å². The molecule has 1 aromatic carbocycles. The van der Waals surface area contributed by atoms with Crippen LogP contribution in [0.2, 0.25) is 5.02 Å². The molecule has 1 rings (SSSR count). The maximum Gasteiger partial charge on any atom is 0.294 e. The minimum Gasteiger partial charge on any atom is -0.372 e. The van der Waals surface area contributed by atoms with Gasteiger partial charge in [-0.2, -0.15) is 0 Å². The monoisotopic (exact) mass is 271 g/mol.